The maximum Gasteiger partial charge on any atom is 0.255 e. The monoisotopic (exact) mass is 351 g/mol. The molecule has 0 saturated carbocycles. The molecule has 2 atom stereocenters. The fourth-order valence-electron chi connectivity index (χ4n) is 4.35. The van der Waals surface area contributed by atoms with Crippen LogP contribution in [0.3, 0.4) is 0 Å². The highest BCUT2D eigenvalue weighted by Gasteiger charge is 2.41. The third kappa shape index (κ3) is 2.80. The first-order chi connectivity index (χ1) is 12.8. The van der Waals surface area contributed by atoms with Crippen LogP contribution < -0.4 is 9.47 Å². The first kappa shape index (κ1) is 15.6. The van der Waals surface area contributed by atoms with Crippen LogP contribution in [0.1, 0.15) is 15.9 Å². The van der Waals surface area contributed by atoms with Crippen LogP contribution in [0.25, 0.3) is 0 Å². The number of benzene rings is 1. The molecule has 0 radical (unpaired) electrons. The Kier molecular flexibility index (Phi) is 3.78. The zero-order chi connectivity index (χ0) is 17.5. The van der Waals surface area contributed by atoms with E-state index in [1.165, 1.54) is 5.56 Å². The fraction of sp³-hybridized carbons (Fsp3) is 0.400. The second kappa shape index (κ2) is 6.29. The van der Waals surface area contributed by atoms with Gasteiger partial charge in [0.05, 0.1) is 5.56 Å². The zero-order valence-electron chi connectivity index (χ0n) is 14.5. The number of hydrogen-bond donors (Lipinski definition) is 0. The van der Waals surface area contributed by atoms with Gasteiger partial charge in [-0.2, -0.15) is 0 Å². The summed E-state index contributed by atoms with van der Waals surface area (Å²) in [5, 5.41) is 0. The standard InChI is InChI=1S/C20H21N3O3/c24-20(15-2-1-5-21-7-15)23-11-16-9-22(10-17(16)12-23)8-14-3-4-18-19(6-14)26-13-25-18/h1-7,16-17H,8-13H2/t16-,17+. The van der Waals surface area contributed by atoms with Gasteiger partial charge in [0.2, 0.25) is 6.79 Å². The van der Waals surface area contributed by atoms with E-state index in [0.717, 1.165) is 44.2 Å². The van der Waals surface area contributed by atoms with E-state index in [0.29, 0.717) is 24.2 Å². The van der Waals surface area contributed by atoms with Gasteiger partial charge in [0.25, 0.3) is 5.91 Å². The Bertz CT molecular complexity index is 812. The van der Waals surface area contributed by atoms with Gasteiger partial charge < -0.3 is 14.4 Å². The molecule has 1 aromatic heterocycles. The number of pyridine rings is 1. The van der Waals surface area contributed by atoms with E-state index in [1.807, 2.05) is 23.1 Å². The van der Waals surface area contributed by atoms with Crippen molar-refractivity contribution in [2.24, 2.45) is 11.8 Å². The molecule has 2 fully saturated rings. The lowest BCUT2D eigenvalue weighted by Gasteiger charge is -2.21. The molecule has 0 bridgehead atoms. The Balaban J connectivity index is 1.20. The van der Waals surface area contributed by atoms with Crippen LogP contribution in [0.15, 0.2) is 42.7 Å². The molecule has 0 spiro atoms. The van der Waals surface area contributed by atoms with Crippen molar-refractivity contribution in [3.8, 4) is 11.5 Å². The number of ether oxygens (including phenoxy) is 2. The molecule has 1 amide bonds. The van der Waals surface area contributed by atoms with E-state index < -0.39 is 0 Å². The van der Waals surface area contributed by atoms with Crippen LogP contribution in [-0.2, 0) is 6.54 Å². The molecule has 4 heterocycles. The van der Waals surface area contributed by atoms with E-state index in [4.69, 9.17) is 9.47 Å². The molecular weight excluding hydrogens is 330 g/mol. The second-order valence-electron chi connectivity index (χ2n) is 7.35. The van der Waals surface area contributed by atoms with Crippen molar-refractivity contribution in [1.29, 1.82) is 0 Å². The number of carbonyl (C=O) groups excluding carboxylic acids is 1. The third-order valence-corrected chi connectivity index (χ3v) is 5.60. The molecule has 0 unspecified atom stereocenters. The van der Waals surface area contributed by atoms with Crippen LogP contribution in [-0.4, -0.2) is 53.7 Å². The Morgan fingerprint density at radius 1 is 1.08 bits per heavy atom. The number of carbonyl (C=O) groups is 1. The molecule has 2 aromatic rings. The van der Waals surface area contributed by atoms with Crippen molar-refractivity contribution in [3.05, 3.63) is 53.9 Å². The van der Waals surface area contributed by atoms with Gasteiger partial charge in [0.1, 0.15) is 0 Å². The first-order valence-electron chi connectivity index (χ1n) is 9.06. The van der Waals surface area contributed by atoms with E-state index in [2.05, 4.69) is 22.0 Å². The minimum absolute atomic E-state index is 0.106. The average Bonchev–Trinajstić information content (AvgIpc) is 3.36. The summed E-state index contributed by atoms with van der Waals surface area (Å²) >= 11 is 0. The summed E-state index contributed by atoms with van der Waals surface area (Å²) < 4.78 is 10.8. The topological polar surface area (TPSA) is 54.9 Å². The highest BCUT2D eigenvalue weighted by Crippen LogP contribution is 2.35. The molecule has 0 N–H and O–H groups in total. The minimum Gasteiger partial charge on any atom is -0.454 e. The van der Waals surface area contributed by atoms with Gasteiger partial charge in [-0.1, -0.05) is 6.07 Å². The van der Waals surface area contributed by atoms with Crippen LogP contribution in [0.5, 0.6) is 11.5 Å². The normalized spacial score (nSPS) is 24.1. The van der Waals surface area contributed by atoms with Gasteiger partial charge in [-0.05, 0) is 41.7 Å². The maximum atomic E-state index is 12.6. The number of rotatable bonds is 3. The van der Waals surface area contributed by atoms with Gasteiger partial charge in [-0.15, -0.1) is 0 Å². The molecular formula is C20H21N3O3. The van der Waals surface area contributed by atoms with Crippen molar-refractivity contribution < 1.29 is 14.3 Å². The highest BCUT2D eigenvalue weighted by molar-refractivity contribution is 5.94. The SMILES string of the molecule is O=C(c1cccnc1)N1C[C@H]2CN(Cc3ccc4c(c3)OCO4)C[C@H]2C1. The molecule has 26 heavy (non-hydrogen) atoms. The minimum atomic E-state index is 0.106. The summed E-state index contributed by atoms with van der Waals surface area (Å²) in [4.78, 5) is 21.1. The average molecular weight is 351 g/mol. The molecule has 6 nitrogen and oxygen atoms in total. The molecule has 2 saturated heterocycles. The lowest BCUT2D eigenvalue weighted by atomic mass is 10.0. The van der Waals surface area contributed by atoms with Gasteiger partial charge in [-0.25, -0.2) is 0 Å². The summed E-state index contributed by atoms with van der Waals surface area (Å²) in [7, 11) is 0. The fourth-order valence-corrected chi connectivity index (χ4v) is 4.35. The van der Waals surface area contributed by atoms with Gasteiger partial charge >= 0.3 is 0 Å². The van der Waals surface area contributed by atoms with Crippen LogP contribution in [0.2, 0.25) is 0 Å². The lowest BCUT2D eigenvalue weighted by Crippen LogP contribution is -2.33. The molecule has 1 aromatic carbocycles. The van der Waals surface area contributed by atoms with Crippen LogP contribution in [0, 0.1) is 11.8 Å². The molecule has 6 heteroatoms. The summed E-state index contributed by atoms with van der Waals surface area (Å²) in [5.74, 6) is 2.90. The Morgan fingerprint density at radius 2 is 1.88 bits per heavy atom. The maximum absolute atomic E-state index is 12.6. The van der Waals surface area contributed by atoms with E-state index in [9.17, 15) is 4.79 Å². The van der Waals surface area contributed by atoms with Crippen molar-refractivity contribution in [2.45, 2.75) is 6.54 Å². The third-order valence-electron chi connectivity index (χ3n) is 5.60. The summed E-state index contributed by atoms with van der Waals surface area (Å²) in [6, 6.07) is 9.84. The summed E-state index contributed by atoms with van der Waals surface area (Å²) in [6.07, 6.45) is 3.35. The van der Waals surface area contributed by atoms with Crippen LogP contribution in [0.4, 0.5) is 0 Å². The molecule has 0 aliphatic carbocycles. The largest absolute Gasteiger partial charge is 0.454 e. The predicted octanol–water partition coefficient (Wildman–Crippen LogP) is 2.01. The molecule has 134 valence electrons. The summed E-state index contributed by atoms with van der Waals surface area (Å²) in [6.45, 7) is 4.99. The number of hydrogen-bond acceptors (Lipinski definition) is 5. The molecule has 3 aliphatic rings. The van der Waals surface area contributed by atoms with Crippen molar-refractivity contribution in [2.75, 3.05) is 33.0 Å². The van der Waals surface area contributed by atoms with Crippen molar-refractivity contribution in [1.82, 2.24) is 14.8 Å². The lowest BCUT2D eigenvalue weighted by molar-refractivity contribution is 0.0773. The van der Waals surface area contributed by atoms with E-state index in [-0.39, 0.29) is 5.91 Å². The second-order valence-corrected chi connectivity index (χ2v) is 7.35. The molecule has 5 rings (SSSR count). The van der Waals surface area contributed by atoms with E-state index in [1.54, 1.807) is 12.4 Å². The van der Waals surface area contributed by atoms with Crippen molar-refractivity contribution in [3.63, 3.8) is 0 Å². The van der Waals surface area contributed by atoms with E-state index >= 15 is 0 Å². The quantitative estimate of drug-likeness (QED) is 0.847. The van der Waals surface area contributed by atoms with Gasteiger partial charge in [0.15, 0.2) is 11.5 Å². The predicted molar refractivity (Wildman–Crippen MR) is 95.0 cm³/mol. The number of nitrogens with zero attached hydrogens (tertiary/aromatic N) is 3. The molecule has 3 aliphatic heterocycles. The Morgan fingerprint density at radius 3 is 2.65 bits per heavy atom. The Hall–Kier alpha value is -2.60. The smallest absolute Gasteiger partial charge is 0.255 e. The number of likely N-dealkylation sites (tertiary alicyclic amines) is 2. The van der Waals surface area contributed by atoms with Gasteiger partial charge in [-0.3, -0.25) is 14.7 Å². The zero-order valence-corrected chi connectivity index (χ0v) is 14.5. The number of amides is 1. The van der Waals surface area contributed by atoms with Crippen molar-refractivity contribution >= 4 is 5.91 Å². The summed E-state index contributed by atoms with van der Waals surface area (Å²) in [5.41, 5.74) is 1.93. The van der Waals surface area contributed by atoms with Crippen LogP contribution >= 0.6 is 0 Å². The number of fused-ring (bicyclic) bond motifs is 2. The Labute approximate surface area is 152 Å². The number of aromatic nitrogens is 1. The van der Waals surface area contributed by atoms with Gasteiger partial charge in [0, 0.05) is 45.1 Å². The first-order valence-corrected chi connectivity index (χ1v) is 9.06. The highest BCUT2D eigenvalue weighted by atomic mass is 16.7.